The second kappa shape index (κ2) is 7.59. The highest BCUT2D eigenvalue weighted by Gasteiger charge is 2.24. The zero-order valence-corrected chi connectivity index (χ0v) is 15.5. The molecule has 4 nitrogen and oxygen atoms in total. The van der Waals surface area contributed by atoms with E-state index in [1.807, 2.05) is 42.5 Å². The van der Waals surface area contributed by atoms with Crippen molar-refractivity contribution in [1.29, 1.82) is 5.26 Å². The van der Waals surface area contributed by atoms with Crippen molar-refractivity contribution < 1.29 is 9.53 Å². The van der Waals surface area contributed by atoms with Crippen LogP contribution in [0.2, 0.25) is 5.02 Å². The molecule has 0 radical (unpaired) electrons. The first-order chi connectivity index (χ1) is 13.6. The van der Waals surface area contributed by atoms with E-state index >= 15 is 0 Å². The summed E-state index contributed by atoms with van der Waals surface area (Å²) in [5, 5.41) is 12.3. The summed E-state index contributed by atoms with van der Waals surface area (Å²) in [6, 6.07) is 22.2. The van der Waals surface area contributed by atoms with Crippen LogP contribution in [-0.2, 0) is 11.4 Å². The maximum atomic E-state index is 12.3. The first-order valence-corrected chi connectivity index (χ1v) is 9.05. The average Bonchev–Trinajstić information content (AvgIpc) is 3.02. The lowest BCUT2D eigenvalue weighted by Crippen LogP contribution is -2.03. The molecule has 1 heterocycles. The lowest BCUT2D eigenvalue weighted by molar-refractivity contribution is -0.110. The molecule has 0 saturated carbocycles. The smallest absolute Gasteiger partial charge is 0.256 e. The van der Waals surface area contributed by atoms with Crippen LogP contribution in [-0.4, -0.2) is 5.91 Å². The van der Waals surface area contributed by atoms with E-state index < -0.39 is 0 Å². The number of nitrogens with one attached hydrogen (secondary N) is 1. The van der Waals surface area contributed by atoms with Crippen molar-refractivity contribution in [2.24, 2.45) is 0 Å². The minimum atomic E-state index is -0.140. The Kier molecular flexibility index (Phi) is 4.84. The molecule has 4 rings (SSSR count). The van der Waals surface area contributed by atoms with E-state index in [0.29, 0.717) is 22.8 Å². The van der Waals surface area contributed by atoms with E-state index in [0.717, 1.165) is 28.1 Å². The zero-order chi connectivity index (χ0) is 19.5. The SMILES string of the molecule is N#Cc1ccc(COc2ccc(/C=C3/C(=O)Nc4ccc(Cl)cc43)cc2)cc1. The highest BCUT2D eigenvalue weighted by Crippen LogP contribution is 2.35. The van der Waals surface area contributed by atoms with E-state index in [2.05, 4.69) is 11.4 Å². The van der Waals surface area contributed by atoms with Gasteiger partial charge in [0, 0.05) is 21.8 Å². The number of hydrogen-bond donors (Lipinski definition) is 1. The Labute approximate surface area is 167 Å². The lowest BCUT2D eigenvalue weighted by Gasteiger charge is -2.07. The zero-order valence-electron chi connectivity index (χ0n) is 14.8. The van der Waals surface area contributed by atoms with Gasteiger partial charge in [-0.1, -0.05) is 35.9 Å². The van der Waals surface area contributed by atoms with Crippen molar-refractivity contribution in [3.63, 3.8) is 0 Å². The highest BCUT2D eigenvalue weighted by molar-refractivity contribution is 6.36. The fourth-order valence-electron chi connectivity index (χ4n) is 2.97. The second-order valence-electron chi connectivity index (χ2n) is 6.37. The number of nitriles is 1. The monoisotopic (exact) mass is 386 g/mol. The van der Waals surface area contributed by atoms with Crippen molar-refractivity contribution in [2.75, 3.05) is 5.32 Å². The minimum Gasteiger partial charge on any atom is -0.489 e. The molecule has 3 aromatic carbocycles. The molecule has 28 heavy (non-hydrogen) atoms. The van der Waals surface area contributed by atoms with E-state index in [1.54, 1.807) is 30.3 Å². The molecule has 1 aliphatic rings. The van der Waals surface area contributed by atoms with Crippen LogP contribution in [0.1, 0.15) is 22.3 Å². The lowest BCUT2D eigenvalue weighted by atomic mass is 10.0. The Morgan fingerprint density at radius 1 is 1.04 bits per heavy atom. The average molecular weight is 387 g/mol. The van der Waals surface area contributed by atoms with Gasteiger partial charge in [0.2, 0.25) is 0 Å². The number of halogens is 1. The number of hydrogen-bond acceptors (Lipinski definition) is 3. The summed E-state index contributed by atoms with van der Waals surface area (Å²) in [6.07, 6.45) is 1.84. The van der Waals surface area contributed by atoms with Crippen LogP contribution < -0.4 is 10.1 Å². The number of carbonyl (C=O) groups excluding carboxylic acids is 1. The Balaban J connectivity index is 1.48. The van der Waals surface area contributed by atoms with Crippen molar-refractivity contribution in [3.8, 4) is 11.8 Å². The summed E-state index contributed by atoms with van der Waals surface area (Å²) in [5.74, 6) is 0.587. The molecule has 3 aromatic rings. The number of amides is 1. The molecule has 0 unspecified atom stereocenters. The van der Waals surface area contributed by atoms with Gasteiger partial charge >= 0.3 is 0 Å². The molecule has 0 bridgehead atoms. The maximum absolute atomic E-state index is 12.3. The first kappa shape index (κ1) is 17.8. The number of nitrogens with zero attached hydrogens (tertiary/aromatic N) is 1. The number of anilines is 1. The minimum absolute atomic E-state index is 0.140. The molecular formula is C23H15ClN2O2. The van der Waals surface area contributed by atoms with Gasteiger partial charge in [0.1, 0.15) is 12.4 Å². The fraction of sp³-hybridized carbons (Fsp3) is 0.0435. The van der Waals surface area contributed by atoms with Crippen LogP contribution >= 0.6 is 11.6 Å². The molecule has 0 aliphatic carbocycles. The predicted octanol–water partition coefficient (Wildman–Crippen LogP) is 5.28. The van der Waals surface area contributed by atoms with Crippen LogP contribution in [0.25, 0.3) is 11.6 Å². The highest BCUT2D eigenvalue weighted by atomic mass is 35.5. The van der Waals surface area contributed by atoms with E-state index in [4.69, 9.17) is 21.6 Å². The fourth-order valence-corrected chi connectivity index (χ4v) is 3.14. The predicted molar refractivity (Wildman–Crippen MR) is 110 cm³/mol. The molecule has 1 N–H and O–H groups in total. The van der Waals surface area contributed by atoms with E-state index in [9.17, 15) is 4.79 Å². The van der Waals surface area contributed by atoms with Crippen LogP contribution in [0.3, 0.4) is 0 Å². The van der Waals surface area contributed by atoms with Crippen LogP contribution in [0.5, 0.6) is 5.75 Å². The number of carbonyl (C=O) groups is 1. The number of fused-ring (bicyclic) bond motifs is 1. The normalized spacial score (nSPS) is 13.7. The van der Waals surface area contributed by atoms with Crippen molar-refractivity contribution in [2.45, 2.75) is 6.61 Å². The van der Waals surface area contributed by atoms with Crippen LogP contribution in [0.4, 0.5) is 5.69 Å². The number of ether oxygens (including phenoxy) is 1. The molecule has 0 atom stereocenters. The van der Waals surface area contributed by atoms with E-state index in [-0.39, 0.29) is 5.91 Å². The van der Waals surface area contributed by atoms with Crippen molar-refractivity contribution in [3.05, 3.63) is 94.0 Å². The summed E-state index contributed by atoms with van der Waals surface area (Å²) < 4.78 is 5.78. The summed E-state index contributed by atoms with van der Waals surface area (Å²) in [4.78, 5) is 12.3. The molecule has 0 spiro atoms. The third kappa shape index (κ3) is 3.75. The van der Waals surface area contributed by atoms with Gasteiger partial charge < -0.3 is 10.1 Å². The van der Waals surface area contributed by atoms with Gasteiger partial charge in [-0.15, -0.1) is 0 Å². The van der Waals surface area contributed by atoms with Crippen LogP contribution in [0, 0.1) is 11.3 Å². The molecular weight excluding hydrogens is 372 g/mol. The third-order valence-electron chi connectivity index (χ3n) is 4.44. The van der Waals surface area contributed by atoms with Crippen molar-refractivity contribution >= 4 is 34.8 Å². The van der Waals surface area contributed by atoms with Gasteiger partial charge in [-0.3, -0.25) is 4.79 Å². The quantitative estimate of drug-likeness (QED) is 0.620. The van der Waals surface area contributed by atoms with Gasteiger partial charge in [0.25, 0.3) is 5.91 Å². The van der Waals surface area contributed by atoms with Crippen LogP contribution in [0.15, 0.2) is 66.7 Å². The molecule has 0 fully saturated rings. The molecule has 136 valence electrons. The van der Waals surface area contributed by atoms with Gasteiger partial charge in [-0.05, 0) is 59.7 Å². The summed E-state index contributed by atoms with van der Waals surface area (Å²) in [7, 11) is 0. The molecule has 0 aromatic heterocycles. The topological polar surface area (TPSA) is 62.1 Å². The van der Waals surface area contributed by atoms with Gasteiger partial charge in [0.05, 0.1) is 11.6 Å². The molecule has 1 amide bonds. The number of rotatable bonds is 4. The van der Waals surface area contributed by atoms with Crippen molar-refractivity contribution in [1.82, 2.24) is 0 Å². The molecule has 0 saturated heterocycles. The van der Waals surface area contributed by atoms with Gasteiger partial charge in [-0.2, -0.15) is 5.26 Å². The second-order valence-corrected chi connectivity index (χ2v) is 6.80. The Morgan fingerprint density at radius 3 is 2.50 bits per heavy atom. The van der Waals surface area contributed by atoms with Gasteiger partial charge in [0.15, 0.2) is 0 Å². The summed E-state index contributed by atoms with van der Waals surface area (Å²) in [5.41, 5.74) is 4.66. The summed E-state index contributed by atoms with van der Waals surface area (Å²) in [6.45, 7) is 0.417. The number of benzene rings is 3. The first-order valence-electron chi connectivity index (χ1n) is 8.67. The Bertz CT molecular complexity index is 1110. The molecule has 1 aliphatic heterocycles. The maximum Gasteiger partial charge on any atom is 0.256 e. The standard InChI is InChI=1S/C23H15ClN2O2/c24-18-7-10-22-20(12-18)21(23(27)26-22)11-15-5-8-19(9-6-15)28-14-17-3-1-16(13-25)2-4-17/h1-12H,14H2,(H,26,27)/b21-11+. The summed E-state index contributed by atoms with van der Waals surface area (Å²) >= 11 is 6.06. The molecule has 5 heteroatoms. The Hall–Kier alpha value is -3.55. The Morgan fingerprint density at radius 2 is 1.79 bits per heavy atom. The third-order valence-corrected chi connectivity index (χ3v) is 4.68. The van der Waals surface area contributed by atoms with E-state index in [1.165, 1.54) is 0 Å². The largest absolute Gasteiger partial charge is 0.489 e. The van der Waals surface area contributed by atoms with Gasteiger partial charge in [-0.25, -0.2) is 0 Å².